The number of rotatable bonds is 34. The van der Waals surface area contributed by atoms with Crippen molar-refractivity contribution in [2.75, 3.05) is 13.2 Å². The van der Waals surface area contributed by atoms with Crippen molar-refractivity contribution < 1.29 is 33.1 Å². The molecular formula is C36H69O7P. The fraction of sp³-hybridized carbons (Fsp3) is 0.861. The van der Waals surface area contributed by atoms with Crippen LogP contribution in [0.3, 0.4) is 0 Å². The molecule has 0 unspecified atom stereocenters. The van der Waals surface area contributed by atoms with E-state index in [9.17, 15) is 9.36 Å². The van der Waals surface area contributed by atoms with E-state index in [0.717, 1.165) is 44.9 Å². The van der Waals surface area contributed by atoms with Gasteiger partial charge in [0.1, 0.15) is 6.61 Å². The first kappa shape index (κ1) is 42.9. The quantitative estimate of drug-likeness (QED) is 0.0236. The van der Waals surface area contributed by atoms with Crippen molar-refractivity contribution in [1.82, 2.24) is 0 Å². The van der Waals surface area contributed by atoms with Crippen molar-refractivity contribution in [2.24, 2.45) is 0 Å². The van der Waals surface area contributed by atoms with Gasteiger partial charge in [-0.2, -0.15) is 0 Å². The van der Waals surface area contributed by atoms with E-state index in [4.69, 9.17) is 19.3 Å². The van der Waals surface area contributed by atoms with Crippen LogP contribution in [0.25, 0.3) is 0 Å². The molecule has 0 aromatic rings. The van der Waals surface area contributed by atoms with E-state index in [2.05, 4.69) is 30.5 Å². The monoisotopic (exact) mass is 644 g/mol. The summed E-state index contributed by atoms with van der Waals surface area (Å²) in [7, 11) is -4.66. The Kier molecular flexibility index (Phi) is 32.4. The molecule has 0 aliphatic heterocycles. The molecular weight excluding hydrogens is 575 g/mol. The molecule has 0 spiro atoms. The third-order valence-corrected chi connectivity index (χ3v) is 8.30. The largest absolute Gasteiger partial charge is 0.498 e. The van der Waals surface area contributed by atoms with Crippen LogP contribution in [0.2, 0.25) is 0 Å². The lowest BCUT2D eigenvalue weighted by molar-refractivity contribution is -0.153. The van der Waals surface area contributed by atoms with Gasteiger partial charge in [0, 0.05) is 6.42 Å². The second-order valence-corrected chi connectivity index (χ2v) is 13.5. The first-order valence-corrected chi connectivity index (χ1v) is 19.7. The minimum Gasteiger partial charge on any atom is -0.498 e. The normalized spacial score (nSPS) is 12.8. The number of carbonyl (C=O) groups is 1. The van der Waals surface area contributed by atoms with Gasteiger partial charge in [-0.05, 0) is 51.0 Å². The fourth-order valence-corrected chi connectivity index (χ4v) is 5.47. The first-order chi connectivity index (χ1) is 21.4. The second-order valence-electron chi connectivity index (χ2n) is 12.3. The topological polar surface area (TPSA) is 102 Å². The lowest BCUT2D eigenvalue weighted by Gasteiger charge is -2.18. The standard InChI is InChI=1S/C36H69O7P/c1-3-5-7-9-11-13-15-17-19-21-23-25-27-29-31-36(37)43-35(34-42-44(38,39)40)33-41-32-30-28-26-24-22-20-18-16-14-12-10-8-6-4-2/h15,17,30,32,35H,3-14,16,18-29,31,33-34H2,1-2H3,(H2,38,39,40)/b17-15-,32-30-/t35-/m1/s1. The zero-order chi connectivity index (χ0) is 32.4. The third kappa shape index (κ3) is 35.3. The predicted octanol–water partition coefficient (Wildman–Crippen LogP) is 11.3. The molecule has 0 aromatic carbocycles. The average molecular weight is 645 g/mol. The molecule has 0 aliphatic carbocycles. The Labute approximate surface area is 271 Å². The molecule has 1 atom stereocenters. The van der Waals surface area contributed by atoms with Gasteiger partial charge >= 0.3 is 13.8 Å². The Hall–Kier alpha value is -1.14. The summed E-state index contributed by atoms with van der Waals surface area (Å²) >= 11 is 0. The summed E-state index contributed by atoms with van der Waals surface area (Å²) in [5.41, 5.74) is 0. The van der Waals surface area contributed by atoms with Crippen LogP contribution in [-0.4, -0.2) is 35.1 Å². The molecule has 260 valence electrons. The Bertz CT molecular complexity index is 719. The summed E-state index contributed by atoms with van der Waals surface area (Å²) in [6, 6.07) is 0. The number of allylic oxidation sites excluding steroid dienone is 3. The maximum Gasteiger partial charge on any atom is 0.469 e. The maximum absolute atomic E-state index is 12.3. The minimum absolute atomic E-state index is 0.00700. The zero-order valence-corrected chi connectivity index (χ0v) is 29.5. The van der Waals surface area contributed by atoms with Crippen LogP contribution < -0.4 is 0 Å². The van der Waals surface area contributed by atoms with Crippen LogP contribution in [0.4, 0.5) is 0 Å². The number of hydrogen-bond acceptors (Lipinski definition) is 5. The van der Waals surface area contributed by atoms with E-state index < -0.39 is 26.5 Å². The van der Waals surface area contributed by atoms with E-state index in [-0.39, 0.29) is 13.0 Å². The van der Waals surface area contributed by atoms with E-state index in [1.807, 2.05) is 6.08 Å². The highest BCUT2D eigenvalue weighted by atomic mass is 31.2. The van der Waals surface area contributed by atoms with Crippen molar-refractivity contribution in [1.29, 1.82) is 0 Å². The van der Waals surface area contributed by atoms with Gasteiger partial charge < -0.3 is 19.3 Å². The highest BCUT2D eigenvalue weighted by Crippen LogP contribution is 2.35. The van der Waals surface area contributed by atoms with Gasteiger partial charge in [-0.15, -0.1) is 0 Å². The Morgan fingerprint density at radius 1 is 0.591 bits per heavy atom. The van der Waals surface area contributed by atoms with Crippen LogP contribution in [0.1, 0.15) is 181 Å². The van der Waals surface area contributed by atoms with E-state index in [0.29, 0.717) is 0 Å². The number of carbonyl (C=O) groups excluding carboxylic acids is 1. The molecule has 0 amide bonds. The smallest absolute Gasteiger partial charge is 0.469 e. The molecule has 0 bridgehead atoms. The molecule has 0 radical (unpaired) electrons. The van der Waals surface area contributed by atoms with Gasteiger partial charge in [-0.1, -0.05) is 142 Å². The summed E-state index contributed by atoms with van der Waals surface area (Å²) in [4.78, 5) is 30.4. The molecule has 0 heterocycles. The molecule has 0 aromatic heterocycles. The molecule has 0 saturated heterocycles. The summed E-state index contributed by atoms with van der Waals surface area (Å²) in [5.74, 6) is -0.393. The molecule has 0 aliphatic rings. The molecule has 44 heavy (non-hydrogen) atoms. The second kappa shape index (κ2) is 33.2. The van der Waals surface area contributed by atoms with Crippen molar-refractivity contribution in [3.63, 3.8) is 0 Å². The summed E-state index contributed by atoms with van der Waals surface area (Å²) < 4.78 is 26.6. The number of unbranched alkanes of at least 4 members (excludes halogenated alkanes) is 22. The zero-order valence-electron chi connectivity index (χ0n) is 28.6. The van der Waals surface area contributed by atoms with Gasteiger partial charge in [-0.25, -0.2) is 4.57 Å². The van der Waals surface area contributed by atoms with E-state index >= 15 is 0 Å². The average Bonchev–Trinajstić information content (AvgIpc) is 2.99. The highest BCUT2D eigenvalue weighted by molar-refractivity contribution is 7.46. The first-order valence-electron chi connectivity index (χ1n) is 18.2. The van der Waals surface area contributed by atoms with Crippen molar-refractivity contribution in [2.45, 2.75) is 187 Å². The van der Waals surface area contributed by atoms with Crippen molar-refractivity contribution in [3.05, 3.63) is 24.5 Å². The number of phosphoric acid groups is 1. The Morgan fingerprint density at radius 3 is 1.45 bits per heavy atom. The SMILES string of the molecule is CCCCCCC/C=C\CCCCCCCC(=O)O[C@H](CO/C=C\CCCCCCCCCCCCCC)COP(=O)(O)O. The minimum atomic E-state index is -4.66. The highest BCUT2D eigenvalue weighted by Gasteiger charge is 2.21. The van der Waals surface area contributed by atoms with Crippen LogP contribution >= 0.6 is 7.82 Å². The van der Waals surface area contributed by atoms with Crippen LogP contribution in [-0.2, 0) is 23.4 Å². The Morgan fingerprint density at radius 2 is 1.00 bits per heavy atom. The summed E-state index contributed by atoms with van der Waals surface area (Å²) in [6.07, 6.45) is 38.2. The number of esters is 1. The van der Waals surface area contributed by atoms with Crippen LogP contribution in [0.5, 0.6) is 0 Å². The summed E-state index contributed by atoms with van der Waals surface area (Å²) in [6.45, 7) is 4.08. The van der Waals surface area contributed by atoms with Gasteiger partial charge in [-0.3, -0.25) is 9.32 Å². The van der Waals surface area contributed by atoms with Crippen molar-refractivity contribution in [3.8, 4) is 0 Å². The Balaban J connectivity index is 3.91. The van der Waals surface area contributed by atoms with E-state index in [1.54, 1.807) is 6.26 Å². The van der Waals surface area contributed by atoms with Crippen molar-refractivity contribution >= 4 is 13.8 Å². The third-order valence-electron chi connectivity index (χ3n) is 7.82. The molecule has 8 heteroatoms. The fourth-order valence-electron chi connectivity index (χ4n) is 5.11. The lowest BCUT2D eigenvalue weighted by atomic mass is 10.0. The van der Waals surface area contributed by atoms with Gasteiger partial charge in [0.15, 0.2) is 6.10 Å². The summed E-state index contributed by atoms with van der Waals surface area (Å²) in [5, 5.41) is 0. The molecule has 7 nitrogen and oxygen atoms in total. The molecule has 0 saturated carbocycles. The van der Waals surface area contributed by atoms with Crippen LogP contribution in [0.15, 0.2) is 24.5 Å². The number of phosphoric ester groups is 1. The molecule has 0 rings (SSSR count). The molecule has 0 fully saturated rings. The van der Waals surface area contributed by atoms with Gasteiger partial charge in [0.05, 0.1) is 12.9 Å². The molecule has 2 N–H and O–H groups in total. The van der Waals surface area contributed by atoms with Gasteiger partial charge in [0.25, 0.3) is 0 Å². The van der Waals surface area contributed by atoms with Crippen LogP contribution in [0, 0.1) is 0 Å². The number of ether oxygens (including phenoxy) is 2. The number of hydrogen-bond donors (Lipinski definition) is 2. The maximum atomic E-state index is 12.3. The van der Waals surface area contributed by atoms with Gasteiger partial charge in [0.2, 0.25) is 0 Å². The lowest BCUT2D eigenvalue weighted by Crippen LogP contribution is -2.27. The van der Waals surface area contributed by atoms with E-state index in [1.165, 1.54) is 116 Å². The predicted molar refractivity (Wildman–Crippen MR) is 183 cm³/mol.